The van der Waals surface area contributed by atoms with Crippen LogP contribution >= 0.6 is 0 Å². The van der Waals surface area contributed by atoms with Crippen molar-refractivity contribution in [2.75, 3.05) is 28.2 Å². The van der Waals surface area contributed by atoms with Gasteiger partial charge in [0.2, 0.25) is 0 Å². The summed E-state index contributed by atoms with van der Waals surface area (Å²) in [5.74, 6) is 0. The molecule has 2 aromatic rings. The quantitative estimate of drug-likeness (QED) is 0.574. The maximum absolute atomic E-state index is 8.52. The summed E-state index contributed by atoms with van der Waals surface area (Å²) >= 11 is 0. The van der Waals surface area contributed by atoms with Crippen molar-refractivity contribution < 1.29 is 27.3 Å². The minimum atomic E-state index is -5.17. The Morgan fingerprint density at radius 2 is 0.870 bits per heavy atom. The molecule has 0 aliphatic carbocycles. The van der Waals surface area contributed by atoms with Gasteiger partial charge in [0.25, 0.3) is 0 Å². The molecule has 0 saturated heterocycles. The van der Waals surface area contributed by atoms with Gasteiger partial charge in [0.05, 0.1) is 28.2 Å². The van der Waals surface area contributed by atoms with Gasteiger partial charge in [-0.15, -0.1) is 0 Å². The fourth-order valence-corrected chi connectivity index (χ4v) is 1.54. The first kappa shape index (κ1) is 21.2. The molecule has 0 aliphatic heterocycles. The molecular formula is C16H24N2O4S. The molecule has 0 saturated carbocycles. The van der Waals surface area contributed by atoms with Gasteiger partial charge in [0, 0.05) is 10.4 Å². The summed E-state index contributed by atoms with van der Waals surface area (Å²) in [5.41, 5.74) is 2.66. The van der Waals surface area contributed by atoms with E-state index in [0.29, 0.717) is 0 Å². The van der Waals surface area contributed by atoms with Crippen LogP contribution in [0.15, 0.2) is 60.7 Å². The van der Waals surface area contributed by atoms with E-state index < -0.39 is 10.4 Å². The van der Waals surface area contributed by atoms with Crippen molar-refractivity contribution in [3.63, 3.8) is 0 Å². The second-order valence-corrected chi connectivity index (χ2v) is 5.96. The second-order valence-electron chi connectivity index (χ2n) is 5.14. The molecule has 0 unspecified atom stereocenters. The number of hydrogen-bond acceptors (Lipinski definition) is 4. The van der Waals surface area contributed by atoms with E-state index in [4.69, 9.17) is 17.5 Å². The Labute approximate surface area is 138 Å². The van der Waals surface area contributed by atoms with Crippen molar-refractivity contribution in [1.82, 2.24) is 0 Å². The smallest absolute Gasteiger partial charge is 0.130 e. The van der Waals surface area contributed by atoms with Crippen molar-refractivity contribution in [3.05, 3.63) is 60.7 Å². The Hall–Kier alpha value is -1.77. The van der Waals surface area contributed by atoms with Crippen LogP contribution in [0.1, 0.15) is 0 Å². The molecule has 0 spiro atoms. The van der Waals surface area contributed by atoms with Gasteiger partial charge in [-0.1, -0.05) is 36.4 Å². The van der Waals surface area contributed by atoms with Gasteiger partial charge in [-0.2, -0.15) is 0 Å². The van der Waals surface area contributed by atoms with Crippen LogP contribution in [-0.2, 0) is 10.4 Å². The monoisotopic (exact) mass is 340 g/mol. The number of hydrogen-bond donors (Lipinski definition) is 2. The van der Waals surface area contributed by atoms with Crippen LogP contribution < -0.4 is 9.80 Å². The van der Waals surface area contributed by atoms with E-state index in [2.05, 4.69) is 76.7 Å². The van der Waals surface area contributed by atoms with Crippen molar-refractivity contribution in [2.45, 2.75) is 0 Å². The first-order chi connectivity index (χ1) is 10.6. The van der Waals surface area contributed by atoms with E-state index in [1.807, 2.05) is 12.1 Å². The average Bonchev–Trinajstić information content (AvgIpc) is 2.48. The highest BCUT2D eigenvalue weighted by Crippen LogP contribution is 1.96. The molecule has 23 heavy (non-hydrogen) atoms. The molecule has 2 aromatic carbocycles. The zero-order valence-electron chi connectivity index (χ0n) is 13.8. The van der Waals surface area contributed by atoms with Crippen molar-refractivity contribution in [3.8, 4) is 0 Å². The van der Waals surface area contributed by atoms with Gasteiger partial charge >= 0.3 is 0 Å². The number of quaternary nitrogens is 2. The lowest BCUT2D eigenvalue weighted by molar-refractivity contribution is -0.786. The van der Waals surface area contributed by atoms with Gasteiger partial charge < -0.3 is 18.9 Å². The van der Waals surface area contributed by atoms with Crippen LogP contribution in [0.2, 0.25) is 0 Å². The predicted molar refractivity (Wildman–Crippen MR) is 88.3 cm³/mol. The summed E-state index contributed by atoms with van der Waals surface area (Å²) in [6.45, 7) is 0. The highest BCUT2D eigenvalue weighted by Gasteiger charge is 1.94. The average molecular weight is 340 g/mol. The maximum atomic E-state index is 8.52. The largest absolute Gasteiger partial charge is 0.759 e. The van der Waals surface area contributed by atoms with Crippen LogP contribution in [0.3, 0.4) is 0 Å². The molecule has 0 radical (unpaired) electrons. The number of benzene rings is 2. The van der Waals surface area contributed by atoms with E-state index in [1.165, 1.54) is 21.2 Å². The van der Waals surface area contributed by atoms with E-state index in [9.17, 15) is 0 Å². The Kier molecular flexibility index (Phi) is 10.0. The standard InChI is InChI=1S/2C8H11N.H2O4S/c2*1-9(2)8-6-4-3-5-7-8;1-5(2,3)4/h2*3-7H,1-2H3;(H2,1,2,3,4). The van der Waals surface area contributed by atoms with E-state index in [1.54, 1.807) is 0 Å². The van der Waals surface area contributed by atoms with Gasteiger partial charge in [-0.25, -0.2) is 0 Å². The molecule has 0 amide bonds. The summed E-state index contributed by atoms with van der Waals surface area (Å²) in [7, 11) is 3.31. The first-order valence-corrected chi connectivity index (χ1v) is 8.32. The van der Waals surface area contributed by atoms with Crippen molar-refractivity contribution >= 4 is 21.8 Å². The van der Waals surface area contributed by atoms with Crippen LogP contribution in [-0.4, -0.2) is 45.7 Å². The highest BCUT2D eigenvalue weighted by molar-refractivity contribution is 7.79. The Balaban J connectivity index is 0.000000332. The molecule has 0 aliphatic rings. The zero-order valence-corrected chi connectivity index (χ0v) is 14.6. The number of nitrogens with one attached hydrogen (secondary N) is 2. The molecular weight excluding hydrogens is 316 g/mol. The molecule has 0 atom stereocenters. The van der Waals surface area contributed by atoms with Gasteiger partial charge in [-0.05, 0) is 24.3 Å². The minimum Gasteiger partial charge on any atom is -0.759 e. The summed E-state index contributed by atoms with van der Waals surface area (Å²) < 4.78 is 34.1. The van der Waals surface area contributed by atoms with E-state index in [-0.39, 0.29) is 0 Å². The first-order valence-electron chi connectivity index (χ1n) is 6.99. The molecule has 2 rings (SSSR count). The third-order valence-electron chi connectivity index (χ3n) is 2.70. The van der Waals surface area contributed by atoms with E-state index >= 15 is 0 Å². The van der Waals surface area contributed by atoms with Crippen LogP contribution in [0.5, 0.6) is 0 Å². The van der Waals surface area contributed by atoms with Gasteiger partial charge in [0.1, 0.15) is 11.4 Å². The van der Waals surface area contributed by atoms with Crippen LogP contribution in [0.4, 0.5) is 11.4 Å². The Morgan fingerprint density at radius 3 is 1.00 bits per heavy atom. The van der Waals surface area contributed by atoms with Crippen molar-refractivity contribution in [1.29, 1.82) is 0 Å². The lowest BCUT2D eigenvalue weighted by Gasteiger charge is -2.06. The molecule has 7 heteroatoms. The summed E-state index contributed by atoms with van der Waals surface area (Å²) in [6.07, 6.45) is 0. The summed E-state index contributed by atoms with van der Waals surface area (Å²) in [5, 5.41) is 0. The van der Waals surface area contributed by atoms with Gasteiger partial charge in [-0.3, -0.25) is 8.42 Å². The lowest BCUT2D eigenvalue weighted by Crippen LogP contribution is -3.00. The summed E-state index contributed by atoms with van der Waals surface area (Å²) in [6, 6.07) is 20.8. The topological polar surface area (TPSA) is 89.1 Å². The Morgan fingerprint density at radius 1 is 0.652 bits per heavy atom. The third-order valence-corrected chi connectivity index (χ3v) is 2.70. The highest BCUT2D eigenvalue weighted by atomic mass is 32.3. The molecule has 6 nitrogen and oxygen atoms in total. The predicted octanol–water partition coefficient (Wildman–Crippen LogP) is -0.413. The number of rotatable bonds is 2. The lowest BCUT2D eigenvalue weighted by atomic mass is 10.3. The molecule has 0 heterocycles. The molecule has 0 aromatic heterocycles. The normalized spacial score (nSPS) is 10.4. The third kappa shape index (κ3) is 13.6. The zero-order chi connectivity index (χ0) is 17.9. The minimum absolute atomic E-state index is 1.33. The van der Waals surface area contributed by atoms with E-state index in [0.717, 1.165) is 0 Å². The fraction of sp³-hybridized carbons (Fsp3) is 0.250. The molecule has 2 N–H and O–H groups in total. The molecule has 128 valence electrons. The van der Waals surface area contributed by atoms with Gasteiger partial charge in [0.15, 0.2) is 0 Å². The SMILES string of the molecule is C[NH+](C)c1ccccc1.C[NH+](C)c1ccccc1.O=S(=O)([O-])[O-]. The van der Waals surface area contributed by atoms with Crippen molar-refractivity contribution in [2.24, 2.45) is 0 Å². The molecule has 0 bridgehead atoms. The maximum Gasteiger partial charge on any atom is 0.130 e. The molecule has 0 fully saturated rings. The Bertz CT molecular complexity index is 578. The number of para-hydroxylation sites is 2. The second kappa shape index (κ2) is 10.9. The fourth-order valence-electron chi connectivity index (χ4n) is 1.54. The van der Waals surface area contributed by atoms with Crippen LogP contribution in [0.25, 0.3) is 0 Å². The summed E-state index contributed by atoms with van der Waals surface area (Å²) in [4.78, 5) is 2.74. The van der Waals surface area contributed by atoms with Crippen LogP contribution in [0, 0.1) is 0 Å².